The van der Waals surface area contributed by atoms with Crippen LogP contribution in [-0.2, 0) is 17.8 Å². The Morgan fingerprint density at radius 2 is 1.65 bits per heavy atom. The number of carbonyl (C=O) groups is 1. The predicted octanol–water partition coefficient (Wildman–Crippen LogP) is 2.59. The van der Waals surface area contributed by atoms with E-state index < -0.39 is 0 Å². The van der Waals surface area contributed by atoms with Gasteiger partial charge in [-0.05, 0) is 45.1 Å². The molecule has 0 aromatic carbocycles. The van der Waals surface area contributed by atoms with Crippen LogP contribution in [0.5, 0.6) is 0 Å². The number of rotatable bonds is 3. The van der Waals surface area contributed by atoms with Gasteiger partial charge in [-0.25, -0.2) is 0 Å². The number of carbonyl (C=O) groups excluding carboxylic acids is 1. The first kappa shape index (κ1) is 18.0. The molecule has 0 N–H and O–H groups in total. The van der Waals surface area contributed by atoms with Crippen LogP contribution in [0.25, 0.3) is 0 Å². The van der Waals surface area contributed by atoms with E-state index in [4.69, 9.17) is 0 Å². The Hall–Kier alpha value is -1.43. The minimum absolute atomic E-state index is 0.327. The quantitative estimate of drug-likeness (QED) is 0.832. The number of fused-ring (bicyclic) bond motifs is 1. The minimum atomic E-state index is 0.327. The summed E-state index contributed by atoms with van der Waals surface area (Å²) in [5, 5.41) is 9.05. The molecule has 0 aliphatic carbocycles. The summed E-state index contributed by atoms with van der Waals surface area (Å²) < 4.78 is 2.39. The van der Waals surface area contributed by atoms with Crippen LogP contribution in [0.1, 0.15) is 75.4 Å². The minimum Gasteiger partial charge on any atom is -0.342 e. The van der Waals surface area contributed by atoms with Gasteiger partial charge in [-0.15, -0.1) is 10.2 Å². The lowest BCUT2D eigenvalue weighted by molar-refractivity contribution is -0.132. The largest absolute Gasteiger partial charge is 0.342 e. The van der Waals surface area contributed by atoms with Crippen molar-refractivity contribution in [3.8, 4) is 0 Å². The third-order valence-electron chi connectivity index (χ3n) is 6.33. The summed E-state index contributed by atoms with van der Waals surface area (Å²) in [5.74, 6) is 3.11. The summed E-state index contributed by atoms with van der Waals surface area (Å²) >= 11 is 0. The first-order valence-corrected chi connectivity index (χ1v) is 10.7. The van der Waals surface area contributed by atoms with E-state index in [0.717, 1.165) is 45.6 Å². The van der Waals surface area contributed by atoms with Crippen LogP contribution in [-0.4, -0.2) is 63.2 Å². The lowest BCUT2D eigenvalue weighted by atomic mass is 9.97. The van der Waals surface area contributed by atoms with Gasteiger partial charge in [0.2, 0.25) is 5.91 Å². The van der Waals surface area contributed by atoms with Crippen LogP contribution in [0.4, 0.5) is 0 Å². The maximum Gasteiger partial charge on any atom is 0.236 e. The molecular weight excluding hydrogens is 326 g/mol. The summed E-state index contributed by atoms with van der Waals surface area (Å²) in [6.07, 6.45) is 12.0. The molecule has 4 rings (SSSR count). The van der Waals surface area contributed by atoms with E-state index in [1.54, 1.807) is 0 Å². The normalized spacial score (nSPS) is 25.4. The fourth-order valence-electron chi connectivity index (χ4n) is 4.83. The molecule has 3 aliphatic heterocycles. The Labute approximate surface area is 156 Å². The fourth-order valence-corrected chi connectivity index (χ4v) is 4.83. The number of hydrogen-bond donors (Lipinski definition) is 0. The van der Waals surface area contributed by atoms with Crippen molar-refractivity contribution in [1.82, 2.24) is 24.6 Å². The van der Waals surface area contributed by atoms with Crippen LogP contribution in [0.15, 0.2) is 0 Å². The Morgan fingerprint density at radius 1 is 0.885 bits per heavy atom. The van der Waals surface area contributed by atoms with Gasteiger partial charge in [0.05, 0.1) is 6.54 Å². The highest BCUT2D eigenvalue weighted by Gasteiger charge is 2.29. The van der Waals surface area contributed by atoms with Gasteiger partial charge in [0.25, 0.3) is 0 Å². The summed E-state index contributed by atoms with van der Waals surface area (Å²) in [5.41, 5.74) is 0. The van der Waals surface area contributed by atoms with E-state index in [9.17, 15) is 4.79 Å². The van der Waals surface area contributed by atoms with E-state index in [-0.39, 0.29) is 0 Å². The first-order valence-electron chi connectivity index (χ1n) is 10.7. The highest BCUT2D eigenvalue weighted by molar-refractivity contribution is 5.78. The smallest absolute Gasteiger partial charge is 0.236 e. The monoisotopic (exact) mass is 359 g/mol. The lowest BCUT2D eigenvalue weighted by Gasteiger charge is -2.33. The topological polar surface area (TPSA) is 54.3 Å². The van der Waals surface area contributed by atoms with Crippen molar-refractivity contribution in [3.05, 3.63) is 11.6 Å². The van der Waals surface area contributed by atoms with Crippen molar-refractivity contribution >= 4 is 5.91 Å². The number of piperidine rings is 1. The molecule has 4 heterocycles. The molecule has 2 fully saturated rings. The van der Waals surface area contributed by atoms with E-state index in [2.05, 4.69) is 24.6 Å². The molecule has 1 atom stereocenters. The molecule has 26 heavy (non-hydrogen) atoms. The van der Waals surface area contributed by atoms with Gasteiger partial charge in [0.15, 0.2) is 0 Å². The average molecular weight is 360 g/mol. The van der Waals surface area contributed by atoms with Crippen molar-refractivity contribution in [2.45, 2.75) is 76.7 Å². The number of aromatic nitrogens is 3. The van der Waals surface area contributed by atoms with E-state index in [0.29, 0.717) is 18.4 Å². The second-order valence-corrected chi connectivity index (χ2v) is 8.31. The molecule has 144 valence electrons. The van der Waals surface area contributed by atoms with Gasteiger partial charge in [-0.3, -0.25) is 9.69 Å². The number of aryl methyl sites for hydroxylation is 1. The summed E-state index contributed by atoms with van der Waals surface area (Å²) in [6.45, 7) is 5.55. The fraction of sp³-hybridized carbons (Fsp3) is 0.850. The third-order valence-corrected chi connectivity index (χ3v) is 6.33. The summed E-state index contributed by atoms with van der Waals surface area (Å²) in [6, 6.07) is 0. The molecule has 6 nitrogen and oxygen atoms in total. The zero-order chi connectivity index (χ0) is 17.8. The van der Waals surface area contributed by atoms with Crippen molar-refractivity contribution in [1.29, 1.82) is 0 Å². The Bertz CT molecular complexity index is 605. The van der Waals surface area contributed by atoms with Gasteiger partial charge in [-0.1, -0.05) is 19.3 Å². The molecule has 0 radical (unpaired) electrons. The van der Waals surface area contributed by atoms with Crippen LogP contribution in [0, 0.1) is 0 Å². The second kappa shape index (κ2) is 8.51. The van der Waals surface area contributed by atoms with Crippen LogP contribution < -0.4 is 0 Å². The zero-order valence-corrected chi connectivity index (χ0v) is 16.0. The molecular formula is C20H33N5O. The van der Waals surface area contributed by atoms with Crippen molar-refractivity contribution in [3.63, 3.8) is 0 Å². The van der Waals surface area contributed by atoms with Crippen LogP contribution in [0.2, 0.25) is 0 Å². The Kier molecular flexibility index (Phi) is 5.88. The van der Waals surface area contributed by atoms with Gasteiger partial charge >= 0.3 is 0 Å². The number of hydrogen-bond acceptors (Lipinski definition) is 4. The number of amides is 1. The standard InChI is InChI=1S/C20H33N5O/c26-19(24-12-5-1-2-6-13-24)16-23-11-8-9-17(15-23)20-22-21-18-10-4-3-7-14-25(18)20/h17H,1-16H2. The third kappa shape index (κ3) is 4.11. The van der Waals surface area contributed by atoms with Gasteiger partial charge in [0.1, 0.15) is 11.6 Å². The maximum atomic E-state index is 12.7. The SMILES string of the molecule is O=C(CN1CCCC(c2nnc3n2CCCCC3)C1)N1CCCCCC1. The lowest BCUT2D eigenvalue weighted by Crippen LogP contribution is -2.44. The molecule has 1 aromatic heterocycles. The van der Waals surface area contributed by atoms with Crippen LogP contribution >= 0.6 is 0 Å². The zero-order valence-electron chi connectivity index (χ0n) is 16.0. The average Bonchev–Trinajstić information content (AvgIpc) is 2.86. The van der Waals surface area contributed by atoms with E-state index >= 15 is 0 Å². The van der Waals surface area contributed by atoms with Gasteiger partial charge in [-0.2, -0.15) is 0 Å². The van der Waals surface area contributed by atoms with Crippen LogP contribution in [0.3, 0.4) is 0 Å². The van der Waals surface area contributed by atoms with Crippen molar-refractivity contribution in [2.24, 2.45) is 0 Å². The highest BCUT2D eigenvalue weighted by Crippen LogP contribution is 2.28. The molecule has 3 aliphatic rings. The van der Waals surface area contributed by atoms with Crippen molar-refractivity contribution < 1.29 is 4.79 Å². The molecule has 0 spiro atoms. The number of likely N-dealkylation sites (tertiary alicyclic amines) is 2. The molecule has 1 aromatic rings. The van der Waals surface area contributed by atoms with E-state index in [1.807, 2.05) is 0 Å². The molecule has 1 unspecified atom stereocenters. The molecule has 1 amide bonds. The predicted molar refractivity (Wildman–Crippen MR) is 101 cm³/mol. The molecule has 6 heteroatoms. The molecule has 0 saturated carbocycles. The Balaban J connectivity index is 1.38. The van der Waals surface area contributed by atoms with E-state index in [1.165, 1.54) is 63.0 Å². The Morgan fingerprint density at radius 3 is 2.50 bits per heavy atom. The number of nitrogens with zero attached hydrogens (tertiary/aromatic N) is 5. The van der Waals surface area contributed by atoms with Gasteiger partial charge in [0, 0.05) is 38.5 Å². The summed E-state index contributed by atoms with van der Waals surface area (Å²) in [4.78, 5) is 17.2. The molecule has 0 bridgehead atoms. The highest BCUT2D eigenvalue weighted by atomic mass is 16.2. The maximum absolute atomic E-state index is 12.7. The first-order chi connectivity index (χ1) is 12.8. The summed E-state index contributed by atoms with van der Waals surface area (Å²) in [7, 11) is 0. The van der Waals surface area contributed by atoms with Crippen molar-refractivity contribution in [2.75, 3.05) is 32.7 Å². The van der Waals surface area contributed by atoms with Gasteiger partial charge < -0.3 is 9.47 Å². The second-order valence-electron chi connectivity index (χ2n) is 8.31. The molecule has 2 saturated heterocycles.